The molecule has 0 aliphatic carbocycles. The largest absolute Gasteiger partial charge is 0.507 e. The van der Waals surface area contributed by atoms with Crippen LogP contribution < -0.4 is 14.4 Å². The number of Topliss-reactive ketones (excluding diaryl/α,β-unsaturated/α-hetero) is 1. The van der Waals surface area contributed by atoms with Crippen LogP contribution in [0.25, 0.3) is 5.76 Å². The number of thiophene rings is 1. The number of amides is 1. The summed E-state index contributed by atoms with van der Waals surface area (Å²) >= 11 is 1.44. The molecule has 1 aromatic heterocycles. The minimum atomic E-state index is -0.760. The summed E-state index contributed by atoms with van der Waals surface area (Å²) in [6.45, 7) is 5.71. The summed E-state index contributed by atoms with van der Waals surface area (Å²) in [5, 5.41) is 13.4. The van der Waals surface area contributed by atoms with Crippen molar-refractivity contribution in [2.45, 2.75) is 26.8 Å². The molecule has 0 radical (unpaired) electrons. The zero-order chi connectivity index (χ0) is 23.9. The Morgan fingerprint density at radius 3 is 2.24 bits per heavy atom. The number of anilines is 1. The second kappa shape index (κ2) is 8.75. The van der Waals surface area contributed by atoms with Crippen molar-refractivity contribution in [3.63, 3.8) is 0 Å². The number of carbonyl (C=O) groups is 2. The van der Waals surface area contributed by atoms with Gasteiger partial charge in [0.1, 0.15) is 23.3 Å². The fourth-order valence-corrected chi connectivity index (χ4v) is 5.33. The summed E-state index contributed by atoms with van der Waals surface area (Å²) < 4.78 is 10.8. The number of carbonyl (C=O) groups excluding carboxylic acids is 2. The van der Waals surface area contributed by atoms with Crippen molar-refractivity contribution in [2.75, 3.05) is 19.1 Å². The van der Waals surface area contributed by atoms with Crippen LogP contribution >= 0.6 is 11.3 Å². The second-order valence-electron chi connectivity index (χ2n) is 8.00. The highest BCUT2D eigenvalue weighted by molar-refractivity contribution is 7.10. The van der Waals surface area contributed by atoms with E-state index in [9.17, 15) is 14.7 Å². The predicted octanol–water partition coefficient (Wildman–Crippen LogP) is 5.32. The Balaban J connectivity index is 1.98. The fraction of sp³-hybridized carbons (Fsp3) is 0.231. The number of hydrogen-bond donors (Lipinski definition) is 1. The van der Waals surface area contributed by atoms with Crippen LogP contribution in [0.15, 0.2) is 53.4 Å². The van der Waals surface area contributed by atoms with Crippen molar-refractivity contribution in [3.8, 4) is 11.5 Å². The lowest BCUT2D eigenvalue weighted by molar-refractivity contribution is -0.132. The summed E-state index contributed by atoms with van der Waals surface area (Å²) in [6, 6.07) is 11.8. The number of rotatable bonds is 5. The Morgan fingerprint density at radius 2 is 1.67 bits per heavy atom. The van der Waals surface area contributed by atoms with Crippen molar-refractivity contribution in [1.82, 2.24) is 0 Å². The van der Waals surface area contributed by atoms with Gasteiger partial charge in [0.05, 0.1) is 25.4 Å². The van der Waals surface area contributed by atoms with E-state index in [-0.39, 0.29) is 11.3 Å². The van der Waals surface area contributed by atoms with E-state index in [0.717, 1.165) is 21.6 Å². The van der Waals surface area contributed by atoms with E-state index in [1.165, 1.54) is 23.3 Å². The number of hydrogen-bond acceptors (Lipinski definition) is 6. The van der Waals surface area contributed by atoms with Gasteiger partial charge >= 0.3 is 0 Å². The van der Waals surface area contributed by atoms with Crippen LogP contribution in [0.5, 0.6) is 11.5 Å². The van der Waals surface area contributed by atoms with Gasteiger partial charge in [0.25, 0.3) is 11.7 Å². The monoisotopic (exact) mass is 463 g/mol. The minimum Gasteiger partial charge on any atom is -0.507 e. The molecule has 2 heterocycles. The van der Waals surface area contributed by atoms with Gasteiger partial charge in [-0.05, 0) is 79.2 Å². The Bertz CT molecular complexity index is 1270. The molecule has 0 bridgehead atoms. The molecule has 1 atom stereocenters. The van der Waals surface area contributed by atoms with Crippen molar-refractivity contribution >= 4 is 34.5 Å². The van der Waals surface area contributed by atoms with Crippen molar-refractivity contribution in [1.29, 1.82) is 0 Å². The molecule has 0 spiro atoms. The number of aliphatic hydroxyl groups is 1. The predicted molar refractivity (Wildman–Crippen MR) is 129 cm³/mol. The van der Waals surface area contributed by atoms with Gasteiger partial charge in [0.15, 0.2) is 0 Å². The molecule has 1 aliphatic rings. The number of ketones is 1. The molecular formula is C26H25NO5S. The summed E-state index contributed by atoms with van der Waals surface area (Å²) in [7, 11) is 3.08. The fourth-order valence-electron chi connectivity index (χ4n) is 4.30. The lowest BCUT2D eigenvalue weighted by Crippen LogP contribution is -2.29. The standard InChI is InChI=1S/C26H25NO5S/c1-14-12-16(3)24(32-5)19(13-14)22(28)20-21(25-15(2)10-11-33-25)27(26(30)23(20)29)17-6-8-18(31-4)9-7-17/h6-13,21,28H,1-5H3/b22-20+. The first-order chi connectivity index (χ1) is 15.8. The van der Waals surface area contributed by atoms with Crippen LogP contribution in [0.4, 0.5) is 5.69 Å². The highest BCUT2D eigenvalue weighted by atomic mass is 32.1. The quantitative estimate of drug-likeness (QED) is 0.315. The van der Waals surface area contributed by atoms with Gasteiger partial charge in [-0.3, -0.25) is 14.5 Å². The Morgan fingerprint density at radius 1 is 0.970 bits per heavy atom. The average Bonchev–Trinajstić information content (AvgIpc) is 3.33. The Hall–Kier alpha value is -3.58. The van der Waals surface area contributed by atoms with Gasteiger partial charge in [-0.1, -0.05) is 6.07 Å². The van der Waals surface area contributed by atoms with Gasteiger partial charge in [0.2, 0.25) is 0 Å². The maximum absolute atomic E-state index is 13.3. The molecule has 1 N–H and O–H groups in total. The van der Waals surface area contributed by atoms with Crippen LogP contribution in [-0.4, -0.2) is 31.0 Å². The smallest absolute Gasteiger partial charge is 0.300 e. The molecule has 0 saturated carbocycles. The van der Waals surface area contributed by atoms with Gasteiger partial charge < -0.3 is 14.6 Å². The van der Waals surface area contributed by atoms with E-state index >= 15 is 0 Å². The molecule has 3 aromatic rings. The Labute approximate surface area is 196 Å². The number of aliphatic hydroxyl groups excluding tert-OH is 1. The normalized spacial score (nSPS) is 17.5. The molecule has 1 fully saturated rings. The third-order valence-corrected chi connectivity index (χ3v) is 6.89. The first kappa shape index (κ1) is 22.6. The molecule has 6 nitrogen and oxygen atoms in total. The van der Waals surface area contributed by atoms with Crippen LogP contribution in [-0.2, 0) is 9.59 Å². The average molecular weight is 464 g/mol. The van der Waals surface area contributed by atoms with Crippen molar-refractivity contribution in [2.24, 2.45) is 0 Å². The van der Waals surface area contributed by atoms with Crippen molar-refractivity contribution < 1.29 is 24.2 Å². The molecule has 1 saturated heterocycles. The zero-order valence-corrected chi connectivity index (χ0v) is 19.9. The maximum atomic E-state index is 13.3. The van der Waals surface area contributed by atoms with Gasteiger partial charge in [-0.2, -0.15) is 0 Å². The minimum absolute atomic E-state index is 0.0460. The summed E-state index contributed by atoms with van der Waals surface area (Å²) in [5.74, 6) is -0.564. The van der Waals surface area contributed by atoms with E-state index in [0.29, 0.717) is 22.7 Å². The van der Waals surface area contributed by atoms with Crippen LogP contribution in [0, 0.1) is 20.8 Å². The van der Waals surface area contributed by atoms with Crippen LogP contribution in [0.3, 0.4) is 0 Å². The number of ether oxygens (including phenoxy) is 2. The van der Waals surface area contributed by atoms with E-state index < -0.39 is 17.7 Å². The molecule has 2 aromatic carbocycles. The lowest BCUT2D eigenvalue weighted by Gasteiger charge is -2.25. The van der Waals surface area contributed by atoms with E-state index in [1.807, 2.05) is 38.3 Å². The summed E-state index contributed by atoms with van der Waals surface area (Å²) in [6.07, 6.45) is 0. The Kier molecular flexibility index (Phi) is 5.99. The van der Waals surface area contributed by atoms with E-state index in [4.69, 9.17) is 9.47 Å². The number of methoxy groups -OCH3 is 2. The van der Waals surface area contributed by atoms with Gasteiger partial charge in [0, 0.05) is 10.6 Å². The first-order valence-electron chi connectivity index (χ1n) is 10.4. The van der Waals surface area contributed by atoms with Gasteiger partial charge in [-0.25, -0.2) is 0 Å². The SMILES string of the molecule is COc1ccc(N2C(=O)C(=O)/C(=C(/O)c3cc(C)cc(C)c3OC)C2c2sccc2C)cc1. The van der Waals surface area contributed by atoms with E-state index in [2.05, 4.69) is 0 Å². The molecule has 4 rings (SSSR count). The maximum Gasteiger partial charge on any atom is 0.300 e. The number of aryl methyl sites for hydroxylation is 3. The summed E-state index contributed by atoms with van der Waals surface area (Å²) in [5.41, 5.74) is 3.65. The molecular weight excluding hydrogens is 438 g/mol. The molecule has 7 heteroatoms. The number of nitrogens with zero attached hydrogens (tertiary/aromatic N) is 1. The van der Waals surface area contributed by atoms with Crippen molar-refractivity contribution in [3.05, 3.63) is 80.5 Å². The molecule has 170 valence electrons. The highest BCUT2D eigenvalue weighted by Crippen LogP contribution is 2.46. The molecule has 33 heavy (non-hydrogen) atoms. The molecule has 1 amide bonds. The van der Waals surface area contributed by atoms with E-state index in [1.54, 1.807) is 37.4 Å². The topological polar surface area (TPSA) is 76.1 Å². The van der Waals surface area contributed by atoms with Crippen LogP contribution in [0.2, 0.25) is 0 Å². The number of benzene rings is 2. The lowest BCUT2D eigenvalue weighted by atomic mass is 9.95. The molecule has 1 unspecified atom stereocenters. The molecule has 1 aliphatic heterocycles. The highest BCUT2D eigenvalue weighted by Gasteiger charge is 2.48. The first-order valence-corrected chi connectivity index (χ1v) is 11.3. The third-order valence-electron chi connectivity index (χ3n) is 5.82. The summed E-state index contributed by atoms with van der Waals surface area (Å²) in [4.78, 5) is 28.9. The van der Waals surface area contributed by atoms with Crippen LogP contribution in [0.1, 0.15) is 33.2 Å². The second-order valence-corrected chi connectivity index (χ2v) is 8.95. The van der Waals surface area contributed by atoms with Gasteiger partial charge in [-0.15, -0.1) is 11.3 Å². The third kappa shape index (κ3) is 3.78. The zero-order valence-electron chi connectivity index (χ0n) is 19.1.